The van der Waals surface area contributed by atoms with Crippen molar-refractivity contribution in [3.05, 3.63) is 42.5 Å². The van der Waals surface area contributed by atoms with E-state index in [1.807, 2.05) is 24.3 Å². The van der Waals surface area contributed by atoms with Gasteiger partial charge >= 0.3 is 0 Å². The van der Waals surface area contributed by atoms with Gasteiger partial charge in [0.1, 0.15) is 6.04 Å². The molecule has 0 bridgehead atoms. The van der Waals surface area contributed by atoms with Crippen LogP contribution >= 0.6 is 0 Å². The Kier molecular flexibility index (Phi) is 3.46. The van der Waals surface area contributed by atoms with Gasteiger partial charge in [0.25, 0.3) is 0 Å². The highest BCUT2D eigenvalue weighted by atomic mass is 16.2. The predicted octanol–water partition coefficient (Wildman–Crippen LogP) is 1.27. The molecule has 1 heterocycles. The number of likely N-dealkylation sites (N-methyl/N-ethyl adjacent to an activating group) is 1. The van der Waals surface area contributed by atoms with Crippen molar-refractivity contribution in [1.29, 1.82) is 0 Å². The number of hydrogen-bond acceptors (Lipinski definition) is 2. The summed E-state index contributed by atoms with van der Waals surface area (Å²) in [5.74, 6) is -0.400. The smallest absolute Gasteiger partial charge is 0.249 e. The van der Waals surface area contributed by atoms with E-state index < -0.39 is 6.04 Å². The first-order valence-corrected chi connectivity index (χ1v) is 5.92. The van der Waals surface area contributed by atoms with Crippen LogP contribution in [0.25, 0.3) is 0 Å². The summed E-state index contributed by atoms with van der Waals surface area (Å²) < 4.78 is 0. The second-order valence-electron chi connectivity index (χ2n) is 4.33. The van der Waals surface area contributed by atoms with E-state index in [0.717, 1.165) is 17.7 Å². The summed E-state index contributed by atoms with van der Waals surface area (Å²) in [6.45, 7) is 3.40. The normalized spacial score (nSPS) is 18.8. The van der Waals surface area contributed by atoms with Crippen LogP contribution in [0, 0.1) is 0 Å². The average Bonchev–Trinajstić information content (AvgIpc) is 2.51. The first-order valence-electron chi connectivity index (χ1n) is 5.92. The Bertz CT molecular complexity index is 496. The fourth-order valence-corrected chi connectivity index (χ4v) is 2.19. The molecule has 2 rings (SSSR count). The molecule has 1 unspecified atom stereocenters. The van der Waals surface area contributed by atoms with Crippen molar-refractivity contribution in [2.75, 3.05) is 11.9 Å². The van der Waals surface area contributed by atoms with Crippen molar-refractivity contribution in [2.24, 2.45) is 0 Å². The SMILES string of the molecule is C=CC(=O)NC1CCc2ccccc2N(C)C1=O. The van der Waals surface area contributed by atoms with Crippen LogP contribution < -0.4 is 10.2 Å². The number of carbonyl (C=O) groups is 2. The van der Waals surface area contributed by atoms with Gasteiger partial charge in [0.2, 0.25) is 11.8 Å². The highest BCUT2D eigenvalue weighted by Gasteiger charge is 2.28. The molecule has 1 atom stereocenters. The number of nitrogens with zero attached hydrogens (tertiary/aromatic N) is 1. The van der Waals surface area contributed by atoms with E-state index in [2.05, 4.69) is 11.9 Å². The third-order valence-corrected chi connectivity index (χ3v) is 3.19. The predicted molar refractivity (Wildman–Crippen MR) is 70.3 cm³/mol. The van der Waals surface area contributed by atoms with Crippen molar-refractivity contribution < 1.29 is 9.59 Å². The number of rotatable bonds is 2. The van der Waals surface area contributed by atoms with Crippen molar-refractivity contribution in [3.63, 3.8) is 0 Å². The van der Waals surface area contributed by atoms with Crippen LogP contribution in [0.5, 0.6) is 0 Å². The summed E-state index contributed by atoms with van der Waals surface area (Å²) >= 11 is 0. The number of nitrogens with one attached hydrogen (secondary N) is 1. The molecule has 0 fully saturated rings. The molecular formula is C14H16N2O2. The zero-order valence-electron chi connectivity index (χ0n) is 10.3. The monoisotopic (exact) mass is 244 g/mol. The van der Waals surface area contributed by atoms with Crippen molar-refractivity contribution in [1.82, 2.24) is 5.32 Å². The summed E-state index contributed by atoms with van der Waals surface area (Å²) in [4.78, 5) is 25.2. The lowest BCUT2D eigenvalue weighted by atomic mass is 10.1. The number of hydrogen-bond donors (Lipinski definition) is 1. The van der Waals surface area contributed by atoms with Gasteiger partial charge in [-0.2, -0.15) is 0 Å². The summed E-state index contributed by atoms with van der Waals surface area (Å²) in [5.41, 5.74) is 2.04. The number of fused-ring (bicyclic) bond motifs is 1. The molecule has 0 saturated heterocycles. The lowest BCUT2D eigenvalue weighted by molar-refractivity contribution is -0.125. The minimum Gasteiger partial charge on any atom is -0.341 e. The lowest BCUT2D eigenvalue weighted by Gasteiger charge is -2.21. The molecule has 1 aromatic carbocycles. The van der Waals surface area contributed by atoms with E-state index in [1.54, 1.807) is 11.9 Å². The van der Waals surface area contributed by atoms with E-state index in [9.17, 15) is 9.59 Å². The van der Waals surface area contributed by atoms with E-state index in [-0.39, 0.29) is 11.8 Å². The molecule has 4 nitrogen and oxygen atoms in total. The van der Waals surface area contributed by atoms with Crippen LogP contribution in [-0.4, -0.2) is 24.9 Å². The highest BCUT2D eigenvalue weighted by molar-refractivity contribution is 6.01. The van der Waals surface area contributed by atoms with Gasteiger partial charge in [0, 0.05) is 12.7 Å². The Morgan fingerprint density at radius 1 is 1.50 bits per heavy atom. The average molecular weight is 244 g/mol. The zero-order chi connectivity index (χ0) is 13.1. The first-order chi connectivity index (χ1) is 8.63. The highest BCUT2D eigenvalue weighted by Crippen LogP contribution is 2.25. The van der Waals surface area contributed by atoms with Crippen LogP contribution in [0.1, 0.15) is 12.0 Å². The maximum Gasteiger partial charge on any atom is 0.249 e. The van der Waals surface area contributed by atoms with Gasteiger partial charge in [0.15, 0.2) is 0 Å². The van der Waals surface area contributed by atoms with Crippen molar-refractivity contribution in [3.8, 4) is 0 Å². The van der Waals surface area contributed by atoms with Crippen LogP contribution in [0.2, 0.25) is 0 Å². The molecular weight excluding hydrogens is 228 g/mol. The topological polar surface area (TPSA) is 49.4 Å². The fraction of sp³-hybridized carbons (Fsp3) is 0.286. The van der Waals surface area contributed by atoms with Crippen molar-refractivity contribution >= 4 is 17.5 Å². The van der Waals surface area contributed by atoms with E-state index >= 15 is 0 Å². The molecule has 0 aliphatic carbocycles. The first kappa shape index (κ1) is 12.4. The minimum atomic E-state index is -0.479. The van der Waals surface area contributed by atoms with Crippen LogP contribution in [0.4, 0.5) is 5.69 Å². The van der Waals surface area contributed by atoms with Crippen molar-refractivity contribution in [2.45, 2.75) is 18.9 Å². The minimum absolute atomic E-state index is 0.0878. The Hall–Kier alpha value is -2.10. The number of anilines is 1. The molecule has 18 heavy (non-hydrogen) atoms. The van der Waals surface area contributed by atoms with Gasteiger partial charge in [-0.05, 0) is 30.5 Å². The molecule has 1 aromatic rings. The lowest BCUT2D eigenvalue weighted by Crippen LogP contribution is -2.46. The Morgan fingerprint density at radius 2 is 2.22 bits per heavy atom. The molecule has 1 aliphatic rings. The maximum atomic E-state index is 12.2. The maximum absolute atomic E-state index is 12.2. The Labute approximate surface area is 106 Å². The molecule has 4 heteroatoms. The van der Waals surface area contributed by atoms with Gasteiger partial charge in [-0.1, -0.05) is 24.8 Å². The van der Waals surface area contributed by atoms with Gasteiger partial charge < -0.3 is 10.2 Å². The molecule has 0 radical (unpaired) electrons. The molecule has 0 saturated carbocycles. The standard InChI is InChI=1S/C14H16N2O2/c1-3-13(17)15-11-9-8-10-6-4-5-7-12(10)16(2)14(11)18/h3-7,11H,1,8-9H2,2H3,(H,15,17). The van der Waals surface area contributed by atoms with E-state index in [0.29, 0.717) is 6.42 Å². The number of carbonyl (C=O) groups excluding carboxylic acids is 2. The second kappa shape index (κ2) is 5.04. The van der Waals surface area contributed by atoms with Crippen LogP contribution in [-0.2, 0) is 16.0 Å². The quantitative estimate of drug-likeness (QED) is 0.796. The summed E-state index contributed by atoms with van der Waals surface area (Å²) in [7, 11) is 1.74. The summed E-state index contributed by atoms with van der Waals surface area (Å²) in [6, 6.07) is 7.32. The number of benzene rings is 1. The Morgan fingerprint density at radius 3 is 2.94 bits per heavy atom. The third-order valence-electron chi connectivity index (χ3n) is 3.19. The molecule has 1 N–H and O–H groups in total. The largest absolute Gasteiger partial charge is 0.341 e. The summed E-state index contributed by atoms with van der Waals surface area (Å²) in [6.07, 6.45) is 2.57. The van der Waals surface area contributed by atoms with Gasteiger partial charge in [-0.25, -0.2) is 0 Å². The molecule has 0 aromatic heterocycles. The molecule has 2 amide bonds. The number of aryl methyl sites for hydroxylation is 1. The zero-order valence-corrected chi connectivity index (χ0v) is 10.3. The molecule has 0 spiro atoms. The van der Waals surface area contributed by atoms with Crippen LogP contribution in [0.3, 0.4) is 0 Å². The second-order valence-corrected chi connectivity index (χ2v) is 4.33. The van der Waals surface area contributed by atoms with Crippen LogP contribution in [0.15, 0.2) is 36.9 Å². The molecule has 94 valence electrons. The fourth-order valence-electron chi connectivity index (χ4n) is 2.19. The van der Waals surface area contributed by atoms with E-state index in [1.165, 1.54) is 6.08 Å². The third kappa shape index (κ3) is 2.27. The summed E-state index contributed by atoms with van der Waals surface area (Å²) in [5, 5.41) is 2.68. The number of amides is 2. The van der Waals surface area contributed by atoms with Gasteiger partial charge in [-0.3, -0.25) is 9.59 Å². The number of para-hydroxylation sites is 1. The van der Waals surface area contributed by atoms with Gasteiger partial charge in [-0.15, -0.1) is 0 Å². The Balaban J connectivity index is 2.25. The molecule has 1 aliphatic heterocycles. The van der Waals surface area contributed by atoms with E-state index in [4.69, 9.17) is 0 Å². The van der Waals surface area contributed by atoms with Gasteiger partial charge in [0.05, 0.1) is 0 Å².